The van der Waals surface area contributed by atoms with E-state index in [1.165, 1.54) is 0 Å². The smallest absolute Gasteiger partial charge is 0.137 e. The van der Waals surface area contributed by atoms with Crippen LogP contribution < -0.4 is 5.73 Å². The Hall–Kier alpha value is -1.71. The number of nitrogens with zero attached hydrogens (tertiary/aromatic N) is 1. The topological polar surface area (TPSA) is 38.4 Å². The number of aliphatic imine (C=N–C) groups is 1. The van der Waals surface area contributed by atoms with Gasteiger partial charge in [-0.05, 0) is 6.72 Å². The normalized spacial score (nSPS) is 9.69. The molecule has 68 valence electrons. The van der Waals surface area contributed by atoms with Gasteiger partial charge in [-0.25, -0.2) is 8.78 Å². The Morgan fingerprint density at radius 3 is 2.46 bits per heavy atom. The van der Waals surface area contributed by atoms with E-state index < -0.39 is 11.6 Å². The second-order valence-electron chi connectivity index (χ2n) is 2.47. The van der Waals surface area contributed by atoms with Crippen LogP contribution in [-0.4, -0.2) is 6.72 Å². The van der Waals surface area contributed by atoms with Crippen LogP contribution in [0.1, 0.15) is 5.56 Å². The summed E-state index contributed by atoms with van der Waals surface area (Å²) in [4.78, 5) is 3.44. The molecule has 13 heavy (non-hydrogen) atoms. The zero-order chi connectivity index (χ0) is 10.0. The molecule has 0 heterocycles. The predicted molar refractivity (Wildman–Crippen MR) is 48.8 cm³/mol. The Morgan fingerprint density at radius 2 is 2.00 bits per heavy atom. The molecule has 0 saturated carbocycles. The van der Waals surface area contributed by atoms with Gasteiger partial charge < -0.3 is 5.73 Å². The van der Waals surface area contributed by atoms with Crippen molar-refractivity contribution in [2.24, 2.45) is 10.7 Å². The van der Waals surface area contributed by atoms with Crippen LogP contribution in [0.4, 0.5) is 14.5 Å². The highest BCUT2D eigenvalue weighted by Crippen LogP contribution is 2.26. The van der Waals surface area contributed by atoms with Gasteiger partial charge >= 0.3 is 0 Å². The Labute approximate surface area is 74.4 Å². The first kappa shape index (κ1) is 9.38. The summed E-state index contributed by atoms with van der Waals surface area (Å²) in [6.45, 7) is 6.53. The molecular weight excluding hydrogens is 174 g/mol. The first-order chi connectivity index (χ1) is 6.06. The van der Waals surface area contributed by atoms with E-state index in [4.69, 9.17) is 5.73 Å². The molecule has 1 aromatic carbocycles. The maximum atomic E-state index is 13.1. The second kappa shape index (κ2) is 3.35. The zero-order valence-corrected chi connectivity index (χ0v) is 6.85. The molecule has 0 bridgehead atoms. The standard InChI is InChI=1S/C9H8F2N2/c1-5(12)9-7(11)3-6(10)4-8(9)13-2/h3-4H,1-2,12H2. The van der Waals surface area contributed by atoms with E-state index in [0.29, 0.717) is 0 Å². The molecule has 1 aromatic rings. The van der Waals surface area contributed by atoms with Gasteiger partial charge in [0.1, 0.15) is 11.6 Å². The summed E-state index contributed by atoms with van der Waals surface area (Å²) in [6.07, 6.45) is 0. The molecule has 0 radical (unpaired) electrons. The van der Waals surface area contributed by atoms with Crippen molar-refractivity contribution >= 4 is 18.1 Å². The summed E-state index contributed by atoms with van der Waals surface area (Å²) >= 11 is 0. The van der Waals surface area contributed by atoms with Gasteiger partial charge in [-0.2, -0.15) is 0 Å². The lowest BCUT2D eigenvalue weighted by molar-refractivity contribution is 0.581. The molecule has 0 aromatic heterocycles. The molecule has 0 fully saturated rings. The van der Waals surface area contributed by atoms with Crippen LogP contribution >= 0.6 is 0 Å². The number of hydrogen-bond acceptors (Lipinski definition) is 2. The fourth-order valence-corrected chi connectivity index (χ4v) is 1.00. The fourth-order valence-electron chi connectivity index (χ4n) is 1.00. The maximum Gasteiger partial charge on any atom is 0.137 e. The van der Waals surface area contributed by atoms with Gasteiger partial charge in [-0.3, -0.25) is 4.99 Å². The van der Waals surface area contributed by atoms with Gasteiger partial charge in [0.15, 0.2) is 0 Å². The molecule has 0 aliphatic rings. The van der Waals surface area contributed by atoms with Crippen LogP contribution in [0.2, 0.25) is 0 Å². The number of rotatable bonds is 2. The number of nitrogens with two attached hydrogens (primary N) is 1. The zero-order valence-electron chi connectivity index (χ0n) is 6.85. The predicted octanol–water partition coefficient (Wildman–Crippen LogP) is 2.23. The summed E-state index contributed by atoms with van der Waals surface area (Å²) in [5.41, 5.74) is 5.35. The van der Waals surface area contributed by atoms with Crippen molar-refractivity contribution in [3.63, 3.8) is 0 Å². The summed E-state index contributed by atoms with van der Waals surface area (Å²) < 4.78 is 25.7. The van der Waals surface area contributed by atoms with Crippen molar-refractivity contribution in [1.29, 1.82) is 0 Å². The second-order valence-corrected chi connectivity index (χ2v) is 2.47. The minimum absolute atomic E-state index is 0.0000926. The summed E-state index contributed by atoms with van der Waals surface area (Å²) in [5, 5.41) is 0. The third-order valence-corrected chi connectivity index (χ3v) is 1.53. The minimum Gasteiger partial charge on any atom is -0.399 e. The highest BCUT2D eigenvalue weighted by Gasteiger charge is 2.11. The van der Waals surface area contributed by atoms with Crippen LogP contribution in [0, 0.1) is 11.6 Å². The SMILES string of the molecule is C=Nc1cc(F)cc(F)c1C(=C)N. The van der Waals surface area contributed by atoms with Crippen molar-refractivity contribution in [3.05, 3.63) is 35.9 Å². The highest BCUT2D eigenvalue weighted by molar-refractivity contribution is 5.72. The molecule has 2 N–H and O–H groups in total. The monoisotopic (exact) mass is 182 g/mol. The van der Waals surface area contributed by atoms with Gasteiger partial charge in [0.05, 0.1) is 11.3 Å². The van der Waals surface area contributed by atoms with Crippen LogP contribution in [0.3, 0.4) is 0 Å². The summed E-state index contributed by atoms with van der Waals surface area (Å²) in [6, 6.07) is 1.77. The summed E-state index contributed by atoms with van der Waals surface area (Å²) in [5.74, 6) is -1.50. The Morgan fingerprint density at radius 1 is 1.38 bits per heavy atom. The lowest BCUT2D eigenvalue weighted by Crippen LogP contribution is -1.98. The van der Waals surface area contributed by atoms with Gasteiger partial charge in [0, 0.05) is 17.8 Å². The van der Waals surface area contributed by atoms with Crippen LogP contribution in [0.25, 0.3) is 5.70 Å². The fraction of sp³-hybridized carbons (Fsp3) is 0. The van der Waals surface area contributed by atoms with Crippen molar-refractivity contribution < 1.29 is 8.78 Å². The van der Waals surface area contributed by atoms with Crippen LogP contribution in [0.5, 0.6) is 0 Å². The van der Waals surface area contributed by atoms with E-state index in [-0.39, 0.29) is 16.9 Å². The average molecular weight is 182 g/mol. The van der Waals surface area contributed by atoms with Gasteiger partial charge in [-0.15, -0.1) is 0 Å². The Bertz CT molecular complexity index is 372. The number of benzene rings is 1. The highest BCUT2D eigenvalue weighted by atomic mass is 19.1. The van der Waals surface area contributed by atoms with E-state index in [2.05, 4.69) is 18.3 Å². The molecule has 4 heteroatoms. The number of halogens is 2. The molecule has 0 aliphatic carbocycles. The van der Waals surface area contributed by atoms with Gasteiger partial charge in [-0.1, -0.05) is 6.58 Å². The van der Waals surface area contributed by atoms with E-state index >= 15 is 0 Å². The van der Waals surface area contributed by atoms with Crippen LogP contribution in [0.15, 0.2) is 23.7 Å². The molecule has 0 amide bonds. The molecule has 1 rings (SSSR count). The van der Waals surface area contributed by atoms with E-state index in [1.54, 1.807) is 0 Å². The van der Waals surface area contributed by atoms with Gasteiger partial charge in [0.25, 0.3) is 0 Å². The third-order valence-electron chi connectivity index (χ3n) is 1.53. The molecule has 0 spiro atoms. The first-order valence-corrected chi connectivity index (χ1v) is 3.46. The molecule has 0 aliphatic heterocycles. The van der Waals surface area contributed by atoms with Gasteiger partial charge in [0.2, 0.25) is 0 Å². The van der Waals surface area contributed by atoms with Crippen LogP contribution in [-0.2, 0) is 0 Å². The average Bonchev–Trinajstić information content (AvgIpc) is 2.01. The maximum absolute atomic E-state index is 13.1. The van der Waals surface area contributed by atoms with E-state index in [9.17, 15) is 8.78 Å². The Kier molecular flexibility index (Phi) is 2.41. The molecule has 0 unspecified atom stereocenters. The van der Waals surface area contributed by atoms with E-state index in [0.717, 1.165) is 12.1 Å². The van der Waals surface area contributed by atoms with E-state index in [1.807, 2.05) is 0 Å². The molecular formula is C9H8F2N2. The molecule has 0 atom stereocenters. The lowest BCUT2D eigenvalue weighted by atomic mass is 10.1. The number of hydrogen-bond donors (Lipinski definition) is 1. The largest absolute Gasteiger partial charge is 0.399 e. The van der Waals surface area contributed by atoms with Crippen molar-refractivity contribution in [2.75, 3.05) is 0 Å². The quantitative estimate of drug-likeness (QED) is 0.700. The van der Waals surface area contributed by atoms with Crippen molar-refractivity contribution in [2.45, 2.75) is 0 Å². The third kappa shape index (κ3) is 1.72. The summed E-state index contributed by atoms with van der Waals surface area (Å²) in [7, 11) is 0. The Balaban J connectivity index is 3.47. The lowest BCUT2D eigenvalue weighted by Gasteiger charge is -2.05. The minimum atomic E-state index is -0.782. The molecule has 2 nitrogen and oxygen atoms in total. The first-order valence-electron chi connectivity index (χ1n) is 3.46. The van der Waals surface area contributed by atoms with Crippen molar-refractivity contribution in [1.82, 2.24) is 0 Å². The molecule has 0 saturated heterocycles. The van der Waals surface area contributed by atoms with Crippen molar-refractivity contribution in [3.8, 4) is 0 Å².